The lowest BCUT2D eigenvalue weighted by atomic mass is 10.1. The molecule has 0 fully saturated rings. The number of hydrogen-bond acceptors (Lipinski definition) is 3. The first-order valence-electron chi connectivity index (χ1n) is 6.02. The monoisotopic (exact) mass is 343 g/mol. The molecule has 0 bridgehead atoms. The van der Waals surface area contributed by atoms with E-state index in [2.05, 4.69) is 5.32 Å². The first-order chi connectivity index (χ1) is 9.99. The molecule has 2 aromatic rings. The van der Waals surface area contributed by atoms with E-state index < -0.39 is 5.97 Å². The third-order valence-corrected chi connectivity index (χ3v) is 4.33. The molecule has 2 N–H and O–H groups in total. The van der Waals surface area contributed by atoms with Crippen molar-refractivity contribution in [3.05, 3.63) is 50.1 Å². The van der Waals surface area contributed by atoms with E-state index >= 15 is 0 Å². The second kappa shape index (κ2) is 6.93. The van der Waals surface area contributed by atoms with Crippen molar-refractivity contribution in [1.29, 1.82) is 0 Å². The van der Waals surface area contributed by atoms with Crippen LogP contribution in [0.1, 0.15) is 21.7 Å². The number of rotatable bonds is 5. The molecule has 0 aliphatic heterocycles. The summed E-state index contributed by atoms with van der Waals surface area (Å²) < 4.78 is 0. The highest BCUT2D eigenvalue weighted by Gasteiger charge is 2.19. The van der Waals surface area contributed by atoms with Crippen LogP contribution in [0.5, 0.6) is 0 Å². The van der Waals surface area contributed by atoms with Gasteiger partial charge in [0.25, 0.3) is 0 Å². The van der Waals surface area contributed by atoms with Crippen LogP contribution in [0, 0.1) is 0 Å². The quantitative estimate of drug-likeness (QED) is 0.849. The summed E-state index contributed by atoms with van der Waals surface area (Å²) in [5.41, 5.74) is -0.165. The van der Waals surface area contributed by atoms with Crippen LogP contribution in [-0.4, -0.2) is 17.0 Å². The van der Waals surface area contributed by atoms with Gasteiger partial charge in [-0.2, -0.15) is 0 Å². The van der Waals surface area contributed by atoms with E-state index in [0.29, 0.717) is 6.42 Å². The minimum Gasteiger partial charge on any atom is -0.478 e. The van der Waals surface area contributed by atoms with E-state index in [1.54, 1.807) is 11.3 Å². The molecule has 0 spiro atoms. The van der Waals surface area contributed by atoms with Gasteiger partial charge in [0.05, 0.1) is 15.7 Å². The maximum atomic E-state index is 11.9. The van der Waals surface area contributed by atoms with E-state index in [9.17, 15) is 14.7 Å². The SMILES string of the molecule is O=C(CCc1cccs1)Nc1c(Cl)ccc(Cl)c1C(=O)O. The Morgan fingerprint density at radius 1 is 1.19 bits per heavy atom. The van der Waals surface area contributed by atoms with Crippen molar-refractivity contribution in [3.8, 4) is 0 Å². The smallest absolute Gasteiger partial charge is 0.339 e. The molecular formula is C14H11Cl2NO3S. The first kappa shape index (κ1) is 15.8. The molecule has 1 heterocycles. The Labute approximate surface area is 135 Å². The van der Waals surface area contributed by atoms with Gasteiger partial charge >= 0.3 is 5.97 Å². The predicted octanol–water partition coefficient (Wildman–Crippen LogP) is 4.32. The van der Waals surface area contributed by atoms with Gasteiger partial charge in [-0.05, 0) is 30.0 Å². The summed E-state index contributed by atoms with van der Waals surface area (Å²) in [5, 5.41) is 13.8. The third kappa shape index (κ3) is 3.97. The highest BCUT2D eigenvalue weighted by atomic mass is 35.5. The predicted molar refractivity (Wildman–Crippen MR) is 84.7 cm³/mol. The number of thiophene rings is 1. The lowest BCUT2D eigenvalue weighted by molar-refractivity contribution is -0.116. The number of aromatic carboxylic acids is 1. The van der Waals surface area contributed by atoms with E-state index in [1.807, 2.05) is 17.5 Å². The number of aryl methyl sites for hydroxylation is 1. The topological polar surface area (TPSA) is 66.4 Å². The summed E-state index contributed by atoms with van der Waals surface area (Å²) in [6.45, 7) is 0. The molecular weight excluding hydrogens is 333 g/mol. The van der Waals surface area contributed by atoms with Gasteiger partial charge in [0, 0.05) is 11.3 Å². The number of nitrogens with one attached hydrogen (secondary N) is 1. The number of carboxylic acid groups (broad SMARTS) is 1. The molecule has 7 heteroatoms. The Kier molecular flexibility index (Phi) is 5.22. The lowest BCUT2D eigenvalue weighted by Gasteiger charge is -2.11. The molecule has 0 atom stereocenters. The fourth-order valence-corrected chi connectivity index (χ4v) is 2.93. The zero-order valence-corrected chi connectivity index (χ0v) is 13.1. The molecule has 0 unspecified atom stereocenters. The number of hydrogen-bond donors (Lipinski definition) is 2. The molecule has 21 heavy (non-hydrogen) atoms. The minimum absolute atomic E-state index is 0.0282. The largest absolute Gasteiger partial charge is 0.478 e. The zero-order valence-electron chi connectivity index (χ0n) is 10.7. The van der Waals surface area contributed by atoms with Crippen molar-refractivity contribution >= 4 is 52.1 Å². The molecule has 2 rings (SSSR count). The molecule has 1 aromatic carbocycles. The Morgan fingerprint density at radius 3 is 2.52 bits per heavy atom. The van der Waals surface area contributed by atoms with Gasteiger partial charge in [-0.25, -0.2) is 4.79 Å². The summed E-state index contributed by atoms with van der Waals surface area (Å²) in [5.74, 6) is -1.55. The Morgan fingerprint density at radius 2 is 1.90 bits per heavy atom. The Balaban J connectivity index is 2.13. The minimum atomic E-state index is -1.24. The molecule has 0 radical (unpaired) electrons. The summed E-state index contributed by atoms with van der Waals surface area (Å²) >= 11 is 13.4. The van der Waals surface area contributed by atoms with Crippen LogP contribution in [0.15, 0.2) is 29.6 Å². The van der Waals surface area contributed by atoms with Crippen LogP contribution in [0.2, 0.25) is 10.0 Å². The standard InChI is InChI=1S/C14H11Cl2NO3S/c15-9-4-5-10(16)13(12(9)14(19)20)17-11(18)6-3-8-2-1-7-21-8/h1-2,4-5,7H,3,6H2,(H,17,18)(H,19,20). The van der Waals surface area contributed by atoms with Crippen LogP contribution in [0.25, 0.3) is 0 Å². The summed E-state index contributed by atoms with van der Waals surface area (Å²) in [6, 6.07) is 6.68. The maximum Gasteiger partial charge on any atom is 0.339 e. The number of halogens is 2. The molecule has 0 saturated carbocycles. The average Bonchev–Trinajstić information content (AvgIpc) is 2.93. The maximum absolute atomic E-state index is 11.9. The van der Waals surface area contributed by atoms with Crippen LogP contribution in [0.4, 0.5) is 5.69 Å². The summed E-state index contributed by atoms with van der Waals surface area (Å²) in [7, 11) is 0. The molecule has 1 aromatic heterocycles. The van der Waals surface area contributed by atoms with Gasteiger partial charge in [0.15, 0.2) is 0 Å². The number of carbonyl (C=O) groups is 2. The normalized spacial score (nSPS) is 10.4. The van der Waals surface area contributed by atoms with E-state index in [4.69, 9.17) is 23.2 Å². The third-order valence-electron chi connectivity index (χ3n) is 2.76. The fourth-order valence-electron chi connectivity index (χ4n) is 1.78. The summed E-state index contributed by atoms with van der Waals surface area (Å²) in [6.07, 6.45) is 0.826. The van der Waals surface area contributed by atoms with Crippen molar-refractivity contribution in [1.82, 2.24) is 0 Å². The number of anilines is 1. The Hall–Kier alpha value is -1.56. The van der Waals surface area contributed by atoms with E-state index in [-0.39, 0.29) is 33.6 Å². The van der Waals surface area contributed by atoms with Crippen LogP contribution in [-0.2, 0) is 11.2 Å². The number of amides is 1. The highest BCUT2D eigenvalue weighted by molar-refractivity contribution is 7.09. The molecule has 4 nitrogen and oxygen atoms in total. The van der Waals surface area contributed by atoms with Crippen LogP contribution in [0.3, 0.4) is 0 Å². The average molecular weight is 344 g/mol. The number of carbonyl (C=O) groups excluding carboxylic acids is 1. The highest BCUT2D eigenvalue weighted by Crippen LogP contribution is 2.32. The van der Waals surface area contributed by atoms with Crippen molar-refractivity contribution in [2.45, 2.75) is 12.8 Å². The van der Waals surface area contributed by atoms with E-state index in [0.717, 1.165) is 4.88 Å². The second-order valence-corrected chi connectivity index (χ2v) is 6.06. The number of benzene rings is 1. The lowest BCUT2D eigenvalue weighted by Crippen LogP contribution is -2.15. The molecule has 0 aliphatic rings. The van der Waals surface area contributed by atoms with Gasteiger partial charge in [0.1, 0.15) is 5.56 Å². The van der Waals surface area contributed by atoms with Crippen molar-refractivity contribution in [3.63, 3.8) is 0 Å². The molecule has 0 aliphatic carbocycles. The fraction of sp³-hybridized carbons (Fsp3) is 0.143. The first-order valence-corrected chi connectivity index (χ1v) is 7.66. The molecule has 1 amide bonds. The van der Waals surface area contributed by atoms with Crippen LogP contribution < -0.4 is 5.32 Å². The number of carboxylic acids is 1. The molecule has 110 valence electrons. The van der Waals surface area contributed by atoms with Crippen molar-refractivity contribution < 1.29 is 14.7 Å². The van der Waals surface area contributed by atoms with Gasteiger partial charge in [0.2, 0.25) is 5.91 Å². The Bertz CT molecular complexity index is 671. The van der Waals surface area contributed by atoms with Gasteiger partial charge < -0.3 is 10.4 Å². The van der Waals surface area contributed by atoms with Gasteiger partial charge in [-0.15, -0.1) is 11.3 Å². The second-order valence-electron chi connectivity index (χ2n) is 4.21. The van der Waals surface area contributed by atoms with E-state index in [1.165, 1.54) is 12.1 Å². The molecule has 0 saturated heterocycles. The van der Waals surface area contributed by atoms with Gasteiger partial charge in [-0.3, -0.25) is 4.79 Å². The summed E-state index contributed by atoms with van der Waals surface area (Å²) in [4.78, 5) is 24.3. The van der Waals surface area contributed by atoms with Crippen molar-refractivity contribution in [2.24, 2.45) is 0 Å². The van der Waals surface area contributed by atoms with Crippen molar-refractivity contribution in [2.75, 3.05) is 5.32 Å². The zero-order chi connectivity index (χ0) is 15.4. The van der Waals surface area contributed by atoms with Gasteiger partial charge in [-0.1, -0.05) is 29.3 Å². The van der Waals surface area contributed by atoms with Crippen LogP contribution >= 0.6 is 34.5 Å².